The van der Waals surface area contributed by atoms with Crippen LogP contribution in [0.15, 0.2) is 30.9 Å². The van der Waals surface area contributed by atoms with Gasteiger partial charge in [0.05, 0.1) is 72.7 Å². The number of hydrogen-bond acceptors (Lipinski definition) is 11. The minimum absolute atomic E-state index is 0.000723. The molecule has 11 heteroatoms. The van der Waals surface area contributed by atoms with Crippen molar-refractivity contribution >= 4 is 11.9 Å². The molecule has 0 saturated carbocycles. The molecule has 0 fully saturated rings. The van der Waals surface area contributed by atoms with Gasteiger partial charge in [0.15, 0.2) is 0 Å². The van der Waals surface area contributed by atoms with Crippen molar-refractivity contribution in [3.8, 4) is 5.75 Å². The van der Waals surface area contributed by atoms with E-state index in [1.165, 1.54) is 31.7 Å². The molecule has 0 bridgehead atoms. The lowest BCUT2D eigenvalue weighted by Crippen LogP contribution is -2.23. The zero-order valence-electron chi connectivity index (χ0n) is 25.8. The molecule has 1 aromatic rings. The number of esters is 2. The van der Waals surface area contributed by atoms with E-state index in [-0.39, 0.29) is 25.6 Å². The maximum absolute atomic E-state index is 12.8. The summed E-state index contributed by atoms with van der Waals surface area (Å²) >= 11 is 0. The van der Waals surface area contributed by atoms with E-state index in [0.717, 1.165) is 25.3 Å². The molecular weight excluding hydrogens is 560 g/mol. The smallest absolute Gasteiger partial charge is 0.352 e. The maximum Gasteiger partial charge on any atom is 0.352 e. The van der Waals surface area contributed by atoms with Crippen LogP contribution in [0.25, 0.3) is 0 Å². The Labute approximate surface area is 256 Å². The lowest BCUT2D eigenvalue weighted by Gasteiger charge is -2.18. The molecule has 0 radical (unpaired) electrons. The van der Waals surface area contributed by atoms with Crippen LogP contribution in [-0.4, -0.2) is 101 Å². The second kappa shape index (κ2) is 27.0. The SMILES string of the molecule is C=CC(=O)OC(C(=O)OCCOCCOCCOCCOCCOCCO)c1ccc(O)c(CCCCCCCCC)c1. The molecular formula is C32H52O11. The van der Waals surface area contributed by atoms with Crippen LogP contribution in [0.3, 0.4) is 0 Å². The van der Waals surface area contributed by atoms with Crippen molar-refractivity contribution in [3.05, 3.63) is 42.0 Å². The van der Waals surface area contributed by atoms with Gasteiger partial charge in [0.2, 0.25) is 6.10 Å². The van der Waals surface area contributed by atoms with Crippen LogP contribution in [0, 0.1) is 0 Å². The molecule has 0 saturated heterocycles. The summed E-state index contributed by atoms with van der Waals surface area (Å²) in [6.45, 7) is 9.28. The molecule has 246 valence electrons. The number of phenols is 1. The third-order valence-corrected chi connectivity index (χ3v) is 6.27. The molecule has 1 rings (SSSR count). The summed E-state index contributed by atoms with van der Waals surface area (Å²) < 4.78 is 37.3. The Balaban J connectivity index is 2.30. The van der Waals surface area contributed by atoms with Gasteiger partial charge in [0, 0.05) is 11.6 Å². The Morgan fingerprint density at radius 2 is 1.28 bits per heavy atom. The molecule has 2 N–H and O–H groups in total. The fourth-order valence-electron chi connectivity index (χ4n) is 3.98. The quantitative estimate of drug-likeness (QED) is 0.0769. The minimum Gasteiger partial charge on any atom is -0.508 e. The number of ether oxygens (including phenoxy) is 7. The fraction of sp³-hybridized carbons (Fsp3) is 0.688. The first-order valence-electron chi connectivity index (χ1n) is 15.3. The Morgan fingerprint density at radius 1 is 0.767 bits per heavy atom. The van der Waals surface area contributed by atoms with E-state index in [2.05, 4.69) is 13.5 Å². The summed E-state index contributed by atoms with van der Waals surface area (Å²) in [5.41, 5.74) is 1.12. The number of unbranched alkanes of at least 4 members (excludes halogenated alkanes) is 6. The Kier molecular flexibility index (Phi) is 24.2. The summed E-state index contributed by atoms with van der Waals surface area (Å²) in [6.07, 6.45) is 8.39. The highest BCUT2D eigenvalue weighted by Crippen LogP contribution is 2.27. The molecule has 0 heterocycles. The number of rotatable bonds is 29. The number of carbonyl (C=O) groups excluding carboxylic acids is 2. The standard InChI is InChI=1S/C32H52O11/c1-3-5-6-7-8-9-10-11-27-26-28(12-13-29(27)34)31(43-30(35)4-2)32(36)42-25-24-41-23-22-40-21-20-39-19-18-38-17-16-37-15-14-33/h4,12-13,26,31,33-34H,2-3,5-11,14-25H2,1H3. The minimum atomic E-state index is -1.28. The topological polar surface area (TPSA) is 139 Å². The normalized spacial score (nSPS) is 11.8. The van der Waals surface area contributed by atoms with Crippen LogP contribution >= 0.6 is 0 Å². The van der Waals surface area contributed by atoms with Crippen molar-refractivity contribution in [2.75, 3.05) is 79.3 Å². The molecule has 0 aromatic heterocycles. The van der Waals surface area contributed by atoms with Gasteiger partial charge in [0.25, 0.3) is 0 Å². The molecule has 0 aliphatic rings. The van der Waals surface area contributed by atoms with Crippen molar-refractivity contribution in [2.45, 2.75) is 64.4 Å². The van der Waals surface area contributed by atoms with Gasteiger partial charge in [-0.2, -0.15) is 0 Å². The second-order valence-corrected chi connectivity index (χ2v) is 9.73. The summed E-state index contributed by atoms with van der Waals surface area (Å²) in [5.74, 6) is -1.34. The van der Waals surface area contributed by atoms with Gasteiger partial charge in [-0.1, -0.05) is 58.1 Å². The molecule has 11 nitrogen and oxygen atoms in total. The van der Waals surface area contributed by atoms with Crippen LogP contribution in [0.5, 0.6) is 5.75 Å². The number of aliphatic hydroxyl groups is 1. The zero-order valence-corrected chi connectivity index (χ0v) is 25.8. The average Bonchev–Trinajstić information content (AvgIpc) is 3.01. The van der Waals surface area contributed by atoms with Crippen LogP contribution in [0.2, 0.25) is 0 Å². The summed E-state index contributed by atoms with van der Waals surface area (Å²) in [7, 11) is 0. The van der Waals surface area contributed by atoms with Crippen LogP contribution < -0.4 is 0 Å². The van der Waals surface area contributed by atoms with Gasteiger partial charge in [-0.05, 0) is 30.5 Å². The Morgan fingerprint density at radius 3 is 1.81 bits per heavy atom. The van der Waals surface area contributed by atoms with E-state index in [1.54, 1.807) is 12.1 Å². The van der Waals surface area contributed by atoms with E-state index in [4.69, 9.17) is 38.3 Å². The predicted molar refractivity (Wildman–Crippen MR) is 161 cm³/mol. The van der Waals surface area contributed by atoms with Crippen molar-refractivity contribution in [2.24, 2.45) is 0 Å². The molecule has 0 aliphatic carbocycles. The zero-order chi connectivity index (χ0) is 31.4. The second-order valence-electron chi connectivity index (χ2n) is 9.73. The Hall–Kier alpha value is -2.54. The number of aromatic hydroxyl groups is 1. The number of benzene rings is 1. The van der Waals surface area contributed by atoms with Crippen LogP contribution in [-0.2, 0) is 49.2 Å². The Bertz CT molecular complexity index is 862. The summed E-state index contributed by atoms with van der Waals surface area (Å²) in [5, 5.41) is 18.9. The van der Waals surface area contributed by atoms with E-state index < -0.39 is 18.0 Å². The van der Waals surface area contributed by atoms with Gasteiger partial charge in [0.1, 0.15) is 12.4 Å². The van der Waals surface area contributed by atoms with E-state index in [0.29, 0.717) is 77.0 Å². The average molecular weight is 613 g/mol. The van der Waals surface area contributed by atoms with Crippen LogP contribution in [0.4, 0.5) is 0 Å². The number of phenolic OH excluding ortho intramolecular Hbond substituents is 1. The van der Waals surface area contributed by atoms with E-state index in [1.807, 2.05) is 0 Å². The molecule has 0 amide bonds. The number of aryl methyl sites for hydroxylation is 1. The van der Waals surface area contributed by atoms with E-state index in [9.17, 15) is 14.7 Å². The lowest BCUT2D eigenvalue weighted by atomic mass is 10.00. The number of carbonyl (C=O) groups is 2. The first-order valence-corrected chi connectivity index (χ1v) is 15.3. The molecule has 0 aliphatic heterocycles. The third kappa shape index (κ3) is 20.1. The largest absolute Gasteiger partial charge is 0.508 e. The molecule has 0 spiro atoms. The van der Waals surface area contributed by atoms with Crippen molar-refractivity contribution in [3.63, 3.8) is 0 Å². The fourth-order valence-corrected chi connectivity index (χ4v) is 3.98. The summed E-state index contributed by atoms with van der Waals surface area (Å²) in [6, 6.07) is 4.75. The first-order chi connectivity index (χ1) is 21.0. The van der Waals surface area contributed by atoms with Crippen molar-refractivity contribution < 1.29 is 53.0 Å². The highest BCUT2D eigenvalue weighted by Gasteiger charge is 2.26. The highest BCUT2D eigenvalue weighted by molar-refractivity contribution is 5.85. The first kappa shape index (κ1) is 38.5. The van der Waals surface area contributed by atoms with Gasteiger partial charge < -0.3 is 43.4 Å². The molecule has 1 aromatic carbocycles. The van der Waals surface area contributed by atoms with Crippen molar-refractivity contribution in [1.82, 2.24) is 0 Å². The molecule has 1 atom stereocenters. The van der Waals surface area contributed by atoms with Gasteiger partial charge >= 0.3 is 11.9 Å². The highest BCUT2D eigenvalue weighted by atomic mass is 16.6. The lowest BCUT2D eigenvalue weighted by molar-refractivity contribution is -0.166. The molecule has 1 unspecified atom stereocenters. The molecule has 43 heavy (non-hydrogen) atoms. The van der Waals surface area contributed by atoms with Crippen LogP contribution in [0.1, 0.15) is 69.1 Å². The van der Waals surface area contributed by atoms with Gasteiger partial charge in [-0.15, -0.1) is 0 Å². The monoisotopic (exact) mass is 612 g/mol. The van der Waals surface area contributed by atoms with Crippen molar-refractivity contribution in [1.29, 1.82) is 0 Å². The van der Waals surface area contributed by atoms with E-state index >= 15 is 0 Å². The maximum atomic E-state index is 12.8. The van der Waals surface area contributed by atoms with Gasteiger partial charge in [-0.3, -0.25) is 0 Å². The number of aliphatic hydroxyl groups excluding tert-OH is 1. The van der Waals surface area contributed by atoms with Gasteiger partial charge in [-0.25, -0.2) is 9.59 Å². The third-order valence-electron chi connectivity index (χ3n) is 6.27. The number of hydrogen-bond donors (Lipinski definition) is 2. The summed E-state index contributed by atoms with van der Waals surface area (Å²) in [4.78, 5) is 24.8. The predicted octanol–water partition coefficient (Wildman–Crippen LogP) is 4.07.